The van der Waals surface area contributed by atoms with Gasteiger partial charge in [0.1, 0.15) is 0 Å². The van der Waals surface area contributed by atoms with Gasteiger partial charge in [-0.25, -0.2) is 0 Å². The number of pyridine rings is 1. The number of likely N-dealkylation sites (tertiary alicyclic amines) is 1. The number of piperidine rings is 1. The standard InChI is InChI=1S/C19H26N6O/c1-13-17(12-24(2)23-13)19(26)25-9-5-15(6-10-25)18-16(11-21-22-18)14-3-7-20-8-4-14/h3-4,7-8,12,15-16,18,21-22H,5-6,9-11H2,1-2H3. The Morgan fingerprint density at radius 2 is 1.96 bits per heavy atom. The van der Waals surface area contributed by atoms with Gasteiger partial charge in [-0.15, -0.1) is 0 Å². The van der Waals surface area contributed by atoms with E-state index in [4.69, 9.17) is 0 Å². The molecule has 4 heterocycles. The smallest absolute Gasteiger partial charge is 0.257 e. The van der Waals surface area contributed by atoms with Crippen molar-refractivity contribution in [2.45, 2.75) is 31.7 Å². The number of hydrogen-bond donors (Lipinski definition) is 2. The van der Waals surface area contributed by atoms with Crippen LogP contribution in [0.15, 0.2) is 30.7 Å². The number of hydrazine groups is 1. The van der Waals surface area contributed by atoms with Crippen molar-refractivity contribution in [3.05, 3.63) is 47.5 Å². The van der Waals surface area contributed by atoms with E-state index >= 15 is 0 Å². The third-order valence-electron chi connectivity index (χ3n) is 5.74. The molecular weight excluding hydrogens is 328 g/mol. The summed E-state index contributed by atoms with van der Waals surface area (Å²) in [6.07, 6.45) is 7.59. The molecular formula is C19H26N6O. The molecule has 2 unspecified atom stereocenters. The Kier molecular flexibility index (Phi) is 4.74. The Morgan fingerprint density at radius 3 is 2.62 bits per heavy atom. The molecule has 2 aliphatic rings. The molecule has 1 amide bonds. The topological polar surface area (TPSA) is 75.1 Å². The lowest BCUT2D eigenvalue weighted by molar-refractivity contribution is 0.0669. The van der Waals surface area contributed by atoms with E-state index in [-0.39, 0.29) is 5.91 Å². The maximum Gasteiger partial charge on any atom is 0.257 e. The molecule has 4 rings (SSSR count). The summed E-state index contributed by atoms with van der Waals surface area (Å²) in [5.74, 6) is 1.12. The first kappa shape index (κ1) is 17.2. The van der Waals surface area contributed by atoms with Gasteiger partial charge in [0.05, 0.1) is 11.3 Å². The molecule has 7 nitrogen and oxygen atoms in total. The van der Waals surface area contributed by atoms with Crippen LogP contribution < -0.4 is 10.9 Å². The van der Waals surface area contributed by atoms with Gasteiger partial charge >= 0.3 is 0 Å². The van der Waals surface area contributed by atoms with E-state index in [1.807, 2.05) is 37.5 Å². The summed E-state index contributed by atoms with van der Waals surface area (Å²) in [6, 6.07) is 4.61. The van der Waals surface area contributed by atoms with Gasteiger partial charge in [0.15, 0.2) is 0 Å². The van der Waals surface area contributed by atoms with E-state index in [9.17, 15) is 4.79 Å². The molecule has 138 valence electrons. The summed E-state index contributed by atoms with van der Waals surface area (Å²) in [7, 11) is 1.86. The Hall–Kier alpha value is -2.25. The van der Waals surface area contributed by atoms with Gasteiger partial charge in [0, 0.05) is 57.2 Å². The monoisotopic (exact) mass is 354 g/mol. The molecule has 0 aromatic carbocycles. The van der Waals surface area contributed by atoms with E-state index in [1.54, 1.807) is 4.68 Å². The van der Waals surface area contributed by atoms with Gasteiger partial charge in [-0.3, -0.25) is 25.3 Å². The summed E-state index contributed by atoms with van der Waals surface area (Å²) in [4.78, 5) is 18.9. The quantitative estimate of drug-likeness (QED) is 0.867. The Morgan fingerprint density at radius 1 is 1.23 bits per heavy atom. The molecule has 0 aliphatic carbocycles. The van der Waals surface area contributed by atoms with Crippen LogP contribution in [0.1, 0.15) is 40.4 Å². The number of hydrogen-bond acceptors (Lipinski definition) is 5. The first-order chi connectivity index (χ1) is 12.6. The van der Waals surface area contributed by atoms with Crippen LogP contribution in [0.25, 0.3) is 0 Å². The molecule has 2 fully saturated rings. The second-order valence-electron chi connectivity index (χ2n) is 7.37. The molecule has 2 saturated heterocycles. The molecule has 2 aromatic rings. The van der Waals surface area contributed by atoms with Crippen molar-refractivity contribution in [3.63, 3.8) is 0 Å². The van der Waals surface area contributed by atoms with E-state index in [1.165, 1.54) is 5.56 Å². The second-order valence-corrected chi connectivity index (χ2v) is 7.37. The van der Waals surface area contributed by atoms with Gasteiger partial charge in [0.2, 0.25) is 0 Å². The minimum atomic E-state index is 0.109. The molecule has 0 spiro atoms. The minimum absolute atomic E-state index is 0.109. The molecule has 2 aromatic heterocycles. The third-order valence-corrected chi connectivity index (χ3v) is 5.74. The van der Waals surface area contributed by atoms with Crippen LogP contribution in [0.2, 0.25) is 0 Å². The van der Waals surface area contributed by atoms with Crippen molar-refractivity contribution in [1.29, 1.82) is 0 Å². The summed E-state index contributed by atoms with van der Waals surface area (Å²) >= 11 is 0. The predicted molar refractivity (Wildman–Crippen MR) is 98.5 cm³/mol. The van der Waals surface area contributed by atoms with Crippen LogP contribution in [-0.4, -0.2) is 51.2 Å². The molecule has 0 saturated carbocycles. The van der Waals surface area contributed by atoms with Crippen LogP contribution in [-0.2, 0) is 7.05 Å². The van der Waals surface area contributed by atoms with Crippen molar-refractivity contribution >= 4 is 5.91 Å². The van der Waals surface area contributed by atoms with E-state index in [0.717, 1.165) is 43.7 Å². The van der Waals surface area contributed by atoms with Crippen LogP contribution in [0, 0.1) is 12.8 Å². The maximum absolute atomic E-state index is 12.8. The molecule has 2 aliphatic heterocycles. The summed E-state index contributed by atoms with van der Waals surface area (Å²) in [5, 5.41) is 4.29. The molecule has 7 heteroatoms. The second kappa shape index (κ2) is 7.17. The van der Waals surface area contributed by atoms with Crippen LogP contribution in [0.4, 0.5) is 0 Å². The zero-order valence-corrected chi connectivity index (χ0v) is 15.4. The first-order valence-electron chi connectivity index (χ1n) is 9.31. The zero-order chi connectivity index (χ0) is 18.1. The van der Waals surface area contributed by atoms with Crippen molar-refractivity contribution in [3.8, 4) is 0 Å². The zero-order valence-electron chi connectivity index (χ0n) is 15.4. The number of aromatic nitrogens is 3. The lowest BCUT2D eigenvalue weighted by atomic mass is 9.80. The SMILES string of the molecule is Cc1nn(C)cc1C(=O)N1CCC(C2NNCC2c2ccncc2)CC1. The van der Waals surface area contributed by atoms with E-state index in [0.29, 0.717) is 17.9 Å². The van der Waals surface area contributed by atoms with Gasteiger partial charge in [0.25, 0.3) is 5.91 Å². The van der Waals surface area contributed by atoms with Crippen molar-refractivity contribution in [2.24, 2.45) is 13.0 Å². The average molecular weight is 354 g/mol. The molecule has 26 heavy (non-hydrogen) atoms. The molecule has 2 N–H and O–H groups in total. The number of carbonyl (C=O) groups is 1. The number of amides is 1. The Bertz CT molecular complexity index is 766. The Balaban J connectivity index is 1.40. The average Bonchev–Trinajstić information content (AvgIpc) is 3.28. The highest BCUT2D eigenvalue weighted by Crippen LogP contribution is 2.32. The van der Waals surface area contributed by atoms with Gasteiger partial charge in [-0.1, -0.05) is 0 Å². The van der Waals surface area contributed by atoms with E-state index < -0.39 is 0 Å². The molecule has 0 bridgehead atoms. The normalized spacial score (nSPS) is 24.2. The Labute approximate surface area is 153 Å². The highest BCUT2D eigenvalue weighted by Gasteiger charge is 2.37. The lowest BCUT2D eigenvalue weighted by Gasteiger charge is -2.36. The number of carbonyl (C=O) groups excluding carboxylic acids is 1. The maximum atomic E-state index is 12.8. The summed E-state index contributed by atoms with van der Waals surface area (Å²) in [6.45, 7) is 4.44. The van der Waals surface area contributed by atoms with Gasteiger partial charge in [-0.05, 0) is 43.4 Å². The van der Waals surface area contributed by atoms with Crippen molar-refractivity contribution in [1.82, 2.24) is 30.5 Å². The van der Waals surface area contributed by atoms with Crippen LogP contribution >= 0.6 is 0 Å². The molecule has 2 atom stereocenters. The highest BCUT2D eigenvalue weighted by molar-refractivity contribution is 5.95. The molecule has 0 radical (unpaired) electrons. The van der Waals surface area contributed by atoms with Crippen molar-refractivity contribution < 1.29 is 4.79 Å². The fourth-order valence-electron chi connectivity index (χ4n) is 4.34. The fourth-order valence-corrected chi connectivity index (χ4v) is 4.34. The van der Waals surface area contributed by atoms with Gasteiger partial charge < -0.3 is 4.90 Å². The fraction of sp³-hybridized carbons (Fsp3) is 0.526. The van der Waals surface area contributed by atoms with Crippen LogP contribution in [0.3, 0.4) is 0 Å². The summed E-state index contributed by atoms with van der Waals surface area (Å²) in [5.41, 5.74) is 9.66. The number of nitrogens with zero attached hydrogens (tertiary/aromatic N) is 4. The highest BCUT2D eigenvalue weighted by atomic mass is 16.2. The van der Waals surface area contributed by atoms with Crippen molar-refractivity contribution in [2.75, 3.05) is 19.6 Å². The predicted octanol–water partition coefficient (Wildman–Crippen LogP) is 1.24. The first-order valence-corrected chi connectivity index (χ1v) is 9.31. The van der Waals surface area contributed by atoms with E-state index in [2.05, 4.69) is 33.1 Å². The largest absolute Gasteiger partial charge is 0.339 e. The number of aryl methyl sites for hydroxylation is 2. The summed E-state index contributed by atoms with van der Waals surface area (Å²) < 4.78 is 1.71. The lowest BCUT2D eigenvalue weighted by Crippen LogP contribution is -2.45. The van der Waals surface area contributed by atoms with Crippen LogP contribution in [0.5, 0.6) is 0 Å². The number of nitrogens with one attached hydrogen (secondary N) is 2. The minimum Gasteiger partial charge on any atom is -0.339 e. The number of rotatable bonds is 3. The third kappa shape index (κ3) is 3.24. The van der Waals surface area contributed by atoms with Gasteiger partial charge in [-0.2, -0.15) is 5.10 Å².